The molecule has 4 heteroatoms. The van der Waals surface area contributed by atoms with Gasteiger partial charge in [-0.2, -0.15) is 0 Å². The molecule has 0 saturated heterocycles. The van der Waals surface area contributed by atoms with Crippen LogP contribution in [0.4, 0.5) is 0 Å². The molecule has 0 bridgehead atoms. The highest BCUT2D eigenvalue weighted by atomic mass is 16.5. The molecule has 96 valence electrons. The first kappa shape index (κ1) is 12.8. The van der Waals surface area contributed by atoms with Gasteiger partial charge in [0.2, 0.25) is 0 Å². The Morgan fingerprint density at radius 1 is 1.50 bits per heavy atom. The van der Waals surface area contributed by atoms with Crippen molar-refractivity contribution in [1.82, 2.24) is 9.38 Å². The summed E-state index contributed by atoms with van der Waals surface area (Å²) in [6.07, 6.45) is 6.91. The van der Waals surface area contributed by atoms with Crippen molar-refractivity contribution in [3.63, 3.8) is 0 Å². The molecule has 0 amide bonds. The van der Waals surface area contributed by atoms with Crippen LogP contribution in [-0.4, -0.2) is 28.4 Å². The van der Waals surface area contributed by atoms with Gasteiger partial charge in [0.05, 0.1) is 18.0 Å². The summed E-state index contributed by atoms with van der Waals surface area (Å²) in [6.45, 7) is 2.49. The number of rotatable bonds is 7. The summed E-state index contributed by atoms with van der Waals surface area (Å²) in [7, 11) is 0. The van der Waals surface area contributed by atoms with Crippen molar-refractivity contribution in [2.75, 3.05) is 6.61 Å². The molecule has 2 aromatic heterocycles. The Kier molecular flexibility index (Phi) is 4.47. The maximum Gasteiger partial charge on any atom is 0.148 e. The fraction of sp³-hybridized carbons (Fsp3) is 0.429. The normalized spacial score (nSPS) is 12.7. The molecule has 0 saturated carbocycles. The van der Waals surface area contributed by atoms with Gasteiger partial charge < -0.3 is 13.9 Å². The number of aryl methyl sites for hydroxylation is 1. The number of hydrogen-bond acceptors (Lipinski definition) is 3. The van der Waals surface area contributed by atoms with Crippen LogP contribution in [0.3, 0.4) is 0 Å². The number of imidazole rings is 1. The van der Waals surface area contributed by atoms with E-state index in [1.54, 1.807) is 0 Å². The van der Waals surface area contributed by atoms with E-state index in [1.165, 1.54) is 5.69 Å². The van der Waals surface area contributed by atoms with Crippen molar-refractivity contribution < 1.29 is 9.53 Å². The van der Waals surface area contributed by atoms with Crippen molar-refractivity contribution in [1.29, 1.82) is 0 Å². The van der Waals surface area contributed by atoms with Crippen molar-refractivity contribution in [3.8, 4) is 0 Å². The van der Waals surface area contributed by atoms with E-state index in [-0.39, 0.29) is 6.10 Å². The largest absolute Gasteiger partial charge is 0.371 e. The summed E-state index contributed by atoms with van der Waals surface area (Å²) in [6, 6.07) is 6.16. The predicted octanol–water partition coefficient (Wildman–Crippen LogP) is 2.26. The van der Waals surface area contributed by atoms with E-state index in [4.69, 9.17) is 4.74 Å². The highest BCUT2D eigenvalue weighted by Gasteiger charge is 2.07. The first-order chi connectivity index (χ1) is 8.85. The lowest BCUT2D eigenvalue weighted by molar-refractivity contribution is -0.118. The summed E-state index contributed by atoms with van der Waals surface area (Å²) in [5, 5.41) is 0. The minimum atomic E-state index is -0.267. The van der Waals surface area contributed by atoms with Gasteiger partial charge >= 0.3 is 0 Å². The molecule has 1 unspecified atom stereocenters. The van der Waals surface area contributed by atoms with Gasteiger partial charge in [-0.3, -0.25) is 0 Å². The van der Waals surface area contributed by atoms with E-state index >= 15 is 0 Å². The minimum Gasteiger partial charge on any atom is -0.371 e. The lowest BCUT2D eigenvalue weighted by atomic mass is 10.1. The molecule has 0 aliphatic rings. The third-order valence-electron chi connectivity index (χ3n) is 2.99. The molecule has 0 aromatic carbocycles. The number of nitrogens with zero attached hydrogens (tertiary/aromatic N) is 2. The number of carbonyl (C=O) groups is 1. The van der Waals surface area contributed by atoms with E-state index in [2.05, 4.69) is 15.5 Å². The Balaban J connectivity index is 1.94. The Morgan fingerprint density at radius 3 is 3.17 bits per heavy atom. The first-order valence-corrected chi connectivity index (χ1v) is 6.32. The molecule has 0 aliphatic heterocycles. The van der Waals surface area contributed by atoms with E-state index in [0.717, 1.165) is 31.1 Å². The van der Waals surface area contributed by atoms with Crippen LogP contribution in [0.1, 0.15) is 25.5 Å². The van der Waals surface area contributed by atoms with Crippen molar-refractivity contribution >= 4 is 11.8 Å². The van der Waals surface area contributed by atoms with Crippen molar-refractivity contribution in [2.45, 2.75) is 32.3 Å². The molecule has 2 heterocycles. The zero-order valence-electron chi connectivity index (χ0n) is 10.6. The molecule has 0 spiro atoms. The lowest BCUT2D eigenvalue weighted by Crippen LogP contribution is -2.14. The third kappa shape index (κ3) is 2.96. The van der Waals surface area contributed by atoms with Crippen LogP contribution in [0.15, 0.2) is 30.7 Å². The van der Waals surface area contributed by atoms with Crippen LogP contribution < -0.4 is 0 Å². The van der Waals surface area contributed by atoms with Crippen LogP contribution >= 0.6 is 0 Å². The highest BCUT2D eigenvalue weighted by molar-refractivity contribution is 5.55. The number of hydrogen-bond donors (Lipinski definition) is 0. The topological polar surface area (TPSA) is 43.6 Å². The van der Waals surface area contributed by atoms with Gasteiger partial charge in [0.15, 0.2) is 0 Å². The van der Waals surface area contributed by atoms with Crippen molar-refractivity contribution in [3.05, 3.63) is 36.4 Å². The maximum absolute atomic E-state index is 10.8. The summed E-state index contributed by atoms with van der Waals surface area (Å²) in [5.41, 5.74) is 2.32. The molecule has 0 aliphatic carbocycles. The Hall–Kier alpha value is -1.68. The molecule has 4 nitrogen and oxygen atoms in total. The second-order valence-electron chi connectivity index (χ2n) is 4.23. The van der Waals surface area contributed by atoms with Gasteiger partial charge in [0, 0.05) is 12.3 Å². The van der Waals surface area contributed by atoms with Gasteiger partial charge in [0.1, 0.15) is 12.4 Å². The molecule has 2 rings (SSSR count). The predicted molar refractivity (Wildman–Crippen MR) is 69.6 cm³/mol. The van der Waals surface area contributed by atoms with Gasteiger partial charge in [-0.25, -0.2) is 4.98 Å². The summed E-state index contributed by atoms with van der Waals surface area (Å²) in [5.74, 6) is 0. The highest BCUT2D eigenvalue weighted by Crippen LogP contribution is 2.11. The number of ether oxygens (including phenoxy) is 1. The van der Waals surface area contributed by atoms with Gasteiger partial charge in [-0.15, -0.1) is 0 Å². The smallest absolute Gasteiger partial charge is 0.148 e. The van der Waals surface area contributed by atoms with Crippen LogP contribution in [0, 0.1) is 0 Å². The van der Waals surface area contributed by atoms with E-state index < -0.39 is 0 Å². The summed E-state index contributed by atoms with van der Waals surface area (Å²) < 4.78 is 7.39. The molecule has 0 radical (unpaired) electrons. The summed E-state index contributed by atoms with van der Waals surface area (Å²) >= 11 is 0. The van der Waals surface area contributed by atoms with Crippen LogP contribution in [0.5, 0.6) is 0 Å². The maximum atomic E-state index is 10.8. The third-order valence-corrected chi connectivity index (χ3v) is 2.99. The molecule has 18 heavy (non-hydrogen) atoms. The van der Waals surface area contributed by atoms with E-state index in [1.807, 2.05) is 31.6 Å². The molecule has 0 N–H and O–H groups in total. The van der Waals surface area contributed by atoms with Crippen LogP contribution in [0.25, 0.3) is 5.52 Å². The van der Waals surface area contributed by atoms with Gasteiger partial charge in [0.25, 0.3) is 0 Å². The Bertz CT molecular complexity index is 507. The van der Waals surface area contributed by atoms with Gasteiger partial charge in [-0.1, -0.05) is 6.07 Å². The Labute approximate surface area is 107 Å². The fourth-order valence-corrected chi connectivity index (χ4v) is 2.10. The average molecular weight is 246 g/mol. The van der Waals surface area contributed by atoms with Gasteiger partial charge in [-0.05, 0) is 38.3 Å². The SMILES string of the molecule is CCOC(C=O)CCCc1cccc2cncn12. The quantitative estimate of drug-likeness (QED) is 0.704. The van der Waals surface area contributed by atoms with E-state index in [0.29, 0.717) is 6.61 Å². The average Bonchev–Trinajstić information content (AvgIpc) is 2.86. The van der Waals surface area contributed by atoms with Crippen LogP contribution in [-0.2, 0) is 16.0 Å². The van der Waals surface area contributed by atoms with Crippen molar-refractivity contribution in [2.24, 2.45) is 0 Å². The zero-order chi connectivity index (χ0) is 12.8. The molecule has 1 atom stereocenters. The standard InChI is InChI=1S/C14H18N2O2/c1-2-18-14(10-17)8-4-6-12-5-3-7-13-9-15-11-16(12)13/h3,5,7,9-11,14H,2,4,6,8H2,1H3. The van der Waals surface area contributed by atoms with Crippen LogP contribution in [0.2, 0.25) is 0 Å². The molecular weight excluding hydrogens is 228 g/mol. The number of aldehydes is 1. The molecule has 2 aromatic rings. The zero-order valence-corrected chi connectivity index (χ0v) is 10.6. The molecular formula is C14H18N2O2. The number of carbonyl (C=O) groups excluding carboxylic acids is 1. The molecule has 0 fully saturated rings. The lowest BCUT2D eigenvalue weighted by Gasteiger charge is -2.10. The first-order valence-electron chi connectivity index (χ1n) is 6.32. The monoisotopic (exact) mass is 246 g/mol. The number of aromatic nitrogens is 2. The Morgan fingerprint density at radius 2 is 2.39 bits per heavy atom. The second-order valence-corrected chi connectivity index (χ2v) is 4.23. The van der Waals surface area contributed by atoms with E-state index in [9.17, 15) is 4.79 Å². The number of pyridine rings is 1. The summed E-state index contributed by atoms with van der Waals surface area (Å²) in [4.78, 5) is 14.9. The number of fused-ring (bicyclic) bond motifs is 1. The fourth-order valence-electron chi connectivity index (χ4n) is 2.10. The minimum absolute atomic E-state index is 0.267. The second kappa shape index (κ2) is 6.31.